The van der Waals surface area contributed by atoms with Gasteiger partial charge in [0, 0.05) is 6.42 Å². The van der Waals surface area contributed by atoms with Crippen molar-refractivity contribution < 1.29 is 23.4 Å². The van der Waals surface area contributed by atoms with Crippen LogP contribution in [-0.4, -0.2) is 30.1 Å². The average Bonchev–Trinajstić information content (AvgIpc) is 3.03. The van der Waals surface area contributed by atoms with Crippen molar-refractivity contribution in [3.05, 3.63) is 47.3 Å². The van der Waals surface area contributed by atoms with Crippen LogP contribution in [0.25, 0.3) is 0 Å². The summed E-state index contributed by atoms with van der Waals surface area (Å²) in [6.45, 7) is 1.62. The van der Waals surface area contributed by atoms with Crippen LogP contribution in [0, 0.1) is 0 Å². The molecule has 0 bridgehead atoms. The molecule has 3 N–H and O–H groups in total. The molecule has 0 spiro atoms. The summed E-state index contributed by atoms with van der Waals surface area (Å²) in [6, 6.07) is 9.03. The minimum Gasteiger partial charge on any atom is -0.508 e. The quantitative estimate of drug-likeness (QED) is 0.706. The molecule has 1 aromatic carbocycles. The Kier molecular flexibility index (Phi) is 5.08. The van der Waals surface area contributed by atoms with E-state index in [0.717, 1.165) is 11.3 Å². The molecule has 0 saturated carbocycles. The zero-order chi connectivity index (χ0) is 17.1. The zero-order valence-corrected chi connectivity index (χ0v) is 14.0. The number of carbonyl (C=O) groups is 1. The monoisotopic (exact) mass is 355 g/mol. The lowest BCUT2D eigenvalue weighted by atomic mass is 9.89. The van der Waals surface area contributed by atoms with Crippen molar-refractivity contribution >= 4 is 27.3 Å². The van der Waals surface area contributed by atoms with Crippen LogP contribution in [0.15, 0.2) is 46.0 Å². The summed E-state index contributed by atoms with van der Waals surface area (Å²) in [7, 11) is -3.92. The minimum absolute atomic E-state index is 0.0241. The summed E-state index contributed by atoms with van der Waals surface area (Å²) >= 11 is 1.02. The summed E-state index contributed by atoms with van der Waals surface area (Å²) in [5.41, 5.74) is -1.04. The molecule has 0 aliphatic carbocycles. The molecule has 1 heterocycles. The van der Waals surface area contributed by atoms with E-state index >= 15 is 0 Å². The summed E-state index contributed by atoms with van der Waals surface area (Å²) in [4.78, 5) is 11.8. The van der Waals surface area contributed by atoms with Crippen molar-refractivity contribution in [1.82, 2.24) is 4.72 Å². The molecule has 0 amide bonds. The lowest BCUT2D eigenvalue weighted by Gasteiger charge is -2.29. The van der Waals surface area contributed by atoms with Gasteiger partial charge in [0.05, 0.1) is 0 Å². The third-order valence-corrected chi connectivity index (χ3v) is 6.48. The van der Waals surface area contributed by atoms with Gasteiger partial charge in [-0.3, -0.25) is 4.79 Å². The number of aromatic hydroxyl groups is 1. The third kappa shape index (κ3) is 3.90. The Labute approximate surface area is 138 Å². The van der Waals surface area contributed by atoms with E-state index in [4.69, 9.17) is 0 Å². The fraction of sp³-hybridized carbons (Fsp3) is 0.267. The smallest absolute Gasteiger partial charge is 0.325 e. The molecule has 8 heteroatoms. The van der Waals surface area contributed by atoms with E-state index in [9.17, 15) is 23.4 Å². The highest BCUT2D eigenvalue weighted by Gasteiger charge is 2.41. The van der Waals surface area contributed by atoms with Crippen molar-refractivity contribution in [2.45, 2.75) is 29.5 Å². The van der Waals surface area contributed by atoms with E-state index in [0.29, 0.717) is 5.56 Å². The van der Waals surface area contributed by atoms with Gasteiger partial charge in [0.1, 0.15) is 15.5 Å². The van der Waals surface area contributed by atoms with E-state index in [1.54, 1.807) is 30.5 Å². The van der Waals surface area contributed by atoms with Crippen molar-refractivity contribution in [3.8, 4) is 5.75 Å². The van der Waals surface area contributed by atoms with E-state index in [-0.39, 0.29) is 22.8 Å². The maximum absolute atomic E-state index is 12.4. The predicted octanol–water partition coefficient (Wildman–Crippen LogP) is 2.21. The first-order valence-electron chi connectivity index (χ1n) is 6.88. The van der Waals surface area contributed by atoms with E-state index in [2.05, 4.69) is 4.72 Å². The van der Waals surface area contributed by atoms with Gasteiger partial charge in [0.15, 0.2) is 0 Å². The molecule has 1 atom stereocenters. The van der Waals surface area contributed by atoms with Gasteiger partial charge in [-0.05, 0) is 35.6 Å². The summed E-state index contributed by atoms with van der Waals surface area (Å²) < 4.78 is 27.2. The molecule has 0 radical (unpaired) electrons. The number of hydrogen-bond donors (Lipinski definition) is 3. The highest BCUT2D eigenvalue weighted by Crippen LogP contribution is 2.24. The fourth-order valence-electron chi connectivity index (χ4n) is 2.19. The molecule has 0 fully saturated rings. The second-order valence-corrected chi connectivity index (χ2v) is 7.98. The van der Waals surface area contributed by atoms with E-state index < -0.39 is 21.5 Å². The second kappa shape index (κ2) is 6.69. The molecular formula is C15H17NO5S2. The molecule has 23 heavy (non-hydrogen) atoms. The number of aliphatic carboxylic acids is 1. The van der Waals surface area contributed by atoms with Crippen LogP contribution in [0.3, 0.4) is 0 Å². The number of benzene rings is 1. The Hall–Kier alpha value is -1.90. The van der Waals surface area contributed by atoms with Gasteiger partial charge in [-0.2, -0.15) is 4.72 Å². The Morgan fingerprint density at radius 2 is 1.91 bits per heavy atom. The van der Waals surface area contributed by atoms with E-state index in [1.807, 2.05) is 0 Å². The van der Waals surface area contributed by atoms with Crippen LogP contribution >= 0.6 is 11.3 Å². The maximum atomic E-state index is 12.4. The van der Waals surface area contributed by atoms with Crippen molar-refractivity contribution in [3.63, 3.8) is 0 Å². The van der Waals surface area contributed by atoms with Gasteiger partial charge < -0.3 is 10.2 Å². The van der Waals surface area contributed by atoms with Crippen molar-refractivity contribution in [2.24, 2.45) is 0 Å². The SMILES string of the molecule is CC[C@@](Cc1ccc(O)cc1)(NS(=O)(=O)c1cccs1)C(=O)O. The molecule has 0 aliphatic rings. The van der Waals surface area contributed by atoms with Crippen LogP contribution in [0.2, 0.25) is 0 Å². The largest absolute Gasteiger partial charge is 0.508 e. The van der Waals surface area contributed by atoms with E-state index in [1.165, 1.54) is 18.2 Å². The molecule has 0 saturated heterocycles. The molecule has 0 unspecified atom stereocenters. The fourth-order valence-corrected chi connectivity index (χ4v) is 4.61. The number of hydrogen-bond acceptors (Lipinski definition) is 5. The highest BCUT2D eigenvalue weighted by atomic mass is 32.2. The lowest BCUT2D eigenvalue weighted by molar-refractivity contribution is -0.144. The Morgan fingerprint density at radius 3 is 2.39 bits per heavy atom. The van der Waals surface area contributed by atoms with Gasteiger partial charge in [-0.1, -0.05) is 25.1 Å². The first-order valence-corrected chi connectivity index (χ1v) is 9.24. The molecule has 2 aromatic rings. The zero-order valence-electron chi connectivity index (χ0n) is 12.4. The van der Waals surface area contributed by atoms with Crippen LogP contribution in [0.5, 0.6) is 5.75 Å². The Balaban J connectivity index is 2.36. The number of rotatable bonds is 7. The normalized spacial score (nSPS) is 14.3. The molecule has 6 nitrogen and oxygen atoms in total. The van der Waals surface area contributed by atoms with Gasteiger partial charge >= 0.3 is 5.97 Å². The number of carboxylic acids is 1. The molecule has 1 aromatic heterocycles. The van der Waals surface area contributed by atoms with Gasteiger partial charge in [-0.15, -0.1) is 11.3 Å². The van der Waals surface area contributed by atoms with Gasteiger partial charge in [0.2, 0.25) is 0 Å². The first kappa shape index (κ1) is 17.5. The molecule has 0 aliphatic heterocycles. The molecular weight excluding hydrogens is 338 g/mol. The molecule has 2 rings (SSSR count). The number of thiophene rings is 1. The number of phenols is 1. The van der Waals surface area contributed by atoms with Crippen molar-refractivity contribution in [1.29, 1.82) is 0 Å². The number of nitrogens with one attached hydrogen (secondary N) is 1. The lowest BCUT2D eigenvalue weighted by Crippen LogP contribution is -2.55. The Bertz CT molecular complexity index is 769. The third-order valence-electron chi connectivity index (χ3n) is 3.54. The number of sulfonamides is 1. The van der Waals surface area contributed by atoms with Gasteiger partial charge in [0.25, 0.3) is 10.0 Å². The summed E-state index contributed by atoms with van der Waals surface area (Å²) in [6.07, 6.45) is 0.0531. The van der Waals surface area contributed by atoms with Crippen LogP contribution in [-0.2, 0) is 21.2 Å². The van der Waals surface area contributed by atoms with Crippen LogP contribution in [0.4, 0.5) is 0 Å². The average molecular weight is 355 g/mol. The Morgan fingerprint density at radius 1 is 1.26 bits per heavy atom. The summed E-state index contributed by atoms with van der Waals surface area (Å²) in [5, 5.41) is 20.5. The minimum atomic E-state index is -3.92. The predicted molar refractivity (Wildman–Crippen MR) is 87.1 cm³/mol. The number of phenolic OH excluding ortho intramolecular Hbond substituents is 1. The van der Waals surface area contributed by atoms with Gasteiger partial charge in [-0.25, -0.2) is 8.42 Å². The molecule has 124 valence electrons. The standard InChI is InChI=1S/C15H17NO5S2/c1-2-15(14(18)19,10-11-5-7-12(17)8-6-11)16-23(20,21)13-4-3-9-22-13/h3-9,16-17H,2,10H2,1H3,(H,18,19)/t15-/m0/s1. The first-order chi connectivity index (χ1) is 10.8. The maximum Gasteiger partial charge on any atom is 0.325 e. The summed E-state index contributed by atoms with van der Waals surface area (Å²) in [5.74, 6) is -1.18. The highest BCUT2D eigenvalue weighted by molar-refractivity contribution is 7.91. The second-order valence-electron chi connectivity index (χ2n) is 5.12. The van der Waals surface area contributed by atoms with Crippen LogP contribution in [0.1, 0.15) is 18.9 Å². The van der Waals surface area contributed by atoms with Crippen LogP contribution < -0.4 is 4.72 Å². The number of carboxylic acid groups (broad SMARTS) is 1. The van der Waals surface area contributed by atoms with Crippen molar-refractivity contribution in [2.75, 3.05) is 0 Å². The topological polar surface area (TPSA) is 104 Å².